The molecule has 2 heterocycles. The van der Waals surface area contributed by atoms with E-state index in [4.69, 9.17) is 88.6 Å². The number of esters is 4. The molecule has 2 aromatic heterocycles. The molecule has 18 heteroatoms. The maximum atomic E-state index is 14.0. The molecule has 0 atom stereocenters. The van der Waals surface area contributed by atoms with Gasteiger partial charge in [-0.15, -0.1) is 0 Å². The van der Waals surface area contributed by atoms with Crippen LogP contribution in [0.15, 0.2) is 57.7 Å². The molecule has 0 aliphatic heterocycles. The molecule has 0 spiro atoms. The molecule has 10 nitrogen and oxygen atoms in total. The van der Waals surface area contributed by atoms with Gasteiger partial charge in [-0.05, 0) is 36.4 Å². The normalized spacial score (nSPS) is 11.4. The largest absolute Gasteiger partial charge is 0.465 e. The van der Waals surface area contributed by atoms with Crippen LogP contribution in [0.3, 0.4) is 0 Å². The summed E-state index contributed by atoms with van der Waals surface area (Å²) in [5.74, 6) is -3.87. The van der Waals surface area contributed by atoms with Gasteiger partial charge in [0.2, 0.25) is 0 Å². The van der Waals surface area contributed by atoms with Crippen LogP contribution in [0, 0.1) is 0 Å². The summed E-state index contributed by atoms with van der Waals surface area (Å²) in [4.78, 5) is 63.9. The molecule has 0 bridgehead atoms. The van der Waals surface area contributed by atoms with Crippen LogP contribution in [0.4, 0.5) is 0 Å². The van der Waals surface area contributed by atoms with Gasteiger partial charge in [-0.1, -0.05) is 101 Å². The number of methoxy groups -OCH3 is 2. The molecule has 0 fully saturated rings. The van der Waals surface area contributed by atoms with Crippen LogP contribution in [-0.2, 0) is 9.47 Å². The average Bonchev–Trinajstić information content (AvgIpc) is 3.12. The van der Waals surface area contributed by atoms with Crippen LogP contribution in [0.2, 0.25) is 30.1 Å². The van der Waals surface area contributed by atoms with Gasteiger partial charge in [-0.3, -0.25) is 9.97 Å². The highest BCUT2D eigenvalue weighted by Gasteiger charge is 2.32. The summed E-state index contributed by atoms with van der Waals surface area (Å²) in [5.41, 5.74) is 0.0506. The van der Waals surface area contributed by atoms with Crippen molar-refractivity contribution in [1.82, 2.24) is 9.97 Å². The van der Waals surface area contributed by atoms with Crippen LogP contribution in [-0.4, -0.2) is 48.1 Å². The highest BCUT2D eigenvalue weighted by Crippen LogP contribution is 2.48. The van der Waals surface area contributed by atoms with Crippen LogP contribution >= 0.6 is 101 Å². The Morgan fingerprint density at radius 1 is 0.481 bits per heavy atom. The first-order valence-electron chi connectivity index (χ1n) is 14.9. The molecule has 5 aromatic carbocycles. The van der Waals surface area contributed by atoms with Crippen molar-refractivity contribution in [2.45, 2.75) is 0 Å². The van der Waals surface area contributed by atoms with E-state index < -0.39 is 23.9 Å². The van der Waals surface area contributed by atoms with Gasteiger partial charge in [0.05, 0.1) is 67.6 Å². The highest BCUT2D eigenvalue weighted by molar-refractivity contribution is 9.11. The second-order valence-corrected chi connectivity index (χ2v) is 15.5. The van der Waals surface area contributed by atoms with E-state index in [1.165, 1.54) is 63.0 Å². The van der Waals surface area contributed by atoms with E-state index in [1.807, 2.05) is 0 Å². The Morgan fingerprint density at radius 2 is 0.815 bits per heavy atom. The van der Waals surface area contributed by atoms with Crippen molar-refractivity contribution < 1.29 is 38.1 Å². The van der Waals surface area contributed by atoms with Crippen LogP contribution in [0.1, 0.15) is 41.4 Å². The van der Waals surface area contributed by atoms with E-state index in [9.17, 15) is 19.2 Å². The highest BCUT2D eigenvalue weighted by atomic mass is 79.9. The molecule has 272 valence electrons. The van der Waals surface area contributed by atoms with E-state index in [2.05, 4.69) is 41.8 Å². The number of benzene rings is 5. The van der Waals surface area contributed by atoms with Crippen molar-refractivity contribution in [3.63, 3.8) is 0 Å². The molecule has 0 saturated carbocycles. The summed E-state index contributed by atoms with van der Waals surface area (Å²) in [6.07, 6.45) is 2.46. The first-order chi connectivity index (χ1) is 25.7. The summed E-state index contributed by atoms with van der Waals surface area (Å²) >= 11 is 44.6. The molecular formula is C36H14Br2Cl6N2O8. The predicted molar refractivity (Wildman–Crippen MR) is 214 cm³/mol. The van der Waals surface area contributed by atoms with Crippen molar-refractivity contribution in [2.75, 3.05) is 14.2 Å². The minimum Gasteiger partial charge on any atom is -0.465 e. The lowest BCUT2D eigenvalue weighted by Gasteiger charge is -2.21. The van der Waals surface area contributed by atoms with Crippen molar-refractivity contribution in [3.05, 3.63) is 110 Å². The quantitative estimate of drug-likeness (QED) is 0.0687. The monoisotopic (exact) mass is 970 g/mol. The van der Waals surface area contributed by atoms with Gasteiger partial charge in [0, 0.05) is 63.7 Å². The second kappa shape index (κ2) is 14.7. The van der Waals surface area contributed by atoms with Crippen molar-refractivity contribution in [2.24, 2.45) is 0 Å². The van der Waals surface area contributed by atoms with Crippen molar-refractivity contribution in [1.29, 1.82) is 0 Å². The number of hydrogen-bond acceptors (Lipinski definition) is 10. The average molecular weight is 975 g/mol. The van der Waals surface area contributed by atoms with E-state index in [1.54, 1.807) is 0 Å². The topological polar surface area (TPSA) is 131 Å². The Hall–Kier alpha value is -3.72. The lowest BCUT2D eigenvalue weighted by molar-refractivity contribution is 0.0593. The molecule has 0 saturated heterocycles. The minimum absolute atomic E-state index is 0.0393. The lowest BCUT2D eigenvalue weighted by Crippen LogP contribution is -2.15. The van der Waals surface area contributed by atoms with E-state index in [0.717, 1.165) is 0 Å². The van der Waals surface area contributed by atoms with E-state index in [-0.39, 0.29) is 105 Å². The minimum atomic E-state index is -0.947. The fourth-order valence-corrected chi connectivity index (χ4v) is 9.11. The molecule has 7 rings (SSSR count). The van der Waals surface area contributed by atoms with Gasteiger partial charge in [0.15, 0.2) is 11.5 Å². The molecular weight excluding hydrogens is 961 g/mol. The number of carbonyl (C=O) groups excluding carboxylic acids is 4. The van der Waals surface area contributed by atoms with Crippen LogP contribution in [0.5, 0.6) is 11.5 Å². The molecule has 0 N–H and O–H groups in total. The second-order valence-electron chi connectivity index (χ2n) is 11.3. The predicted octanol–water partition coefficient (Wildman–Crippen LogP) is 12.0. The number of aromatic nitrogens is 2. The molecule has 7 aromatic rings. The summed E-state index contributed by atoms with van der Waals surface area (Å²) < 4.78 is 22.1. The Morgan fingerprint density at radius 3 is 1.13 bits per heavy atom. The van der Waals surface area contributed by atoms with E-state index in [0.29, 0.717) is 10.8 Å². The Kier molecular flexibility index (Phi) is 10.5. The molecule has 0 unspecified atom stereocenters. The summed E-state index contributed by atoms with van der Waals surface area (Å²) in [6.45, 7) is 0. The number of carbonyl (C=O) groups is 4. The molecule has 0 radical (unpaired) electrons. The fraction of sp³-hybridized carbons (Fsp3) is 0.0556. The Labute approximate surface area is 350 Å². The third kappa shape index (κ3) is 6.36. The van der Waals surface area contributed by atoms with Crippen LogP contribution in [0.25, 0.3) is 43.4 Å². The molecule has 54 heavy (non-hydrogen) atoms. The van der Waals surface area contributed by atoms with Crippen LogP contribution < -0.4 is 9.47 Å². The molecule has 0 aliphatic carbocycles. The number of halogens is 8. The SMILES string of the molecule is COC(=O)c1cnc2c3c(Br)cc(C(=O)Oc4c(Cl)cc(Cl)cc4Cl)c4c(C(=O)OC)cnc(c5c(Br)cc(C(=O)Oc6c(Cl)cc(Cl)cc6Cl)c1c25)c43. The zero-order chi connectivity index (χ0) is 38.9. The van der Waals surface area contributed by atoms with Crippen molar-refractivity contribution in [3.8, 4) is 11.5 Å². The fourth-order valence-electron chi connectivity index (χ4n) is 6.09. The smallest absolute Gasteiger partial charge is 0.344 e. The summed E-state index contributed by atoms with van der Waals surface area (Å²) in [6, 6.07) is 8.22. The number of fused-ring (bicyclic) bond motifs is 2. The maximum absolute atomic E-state index is 14.0. The van der Waals surface area contributed by atoms with Gasteiger partial charge < -0.3 is 18.9 Å². The zero-order valence-electron chi connectivity index (χ0n) is 26.8. The summed E-state index contributed by atoms with van der Waals surface area (Å²) in [5, 5.41) is 1.65. The maximum Gasteiger partial charge on any atom is 0.344 e. The van der Waals surface area contributed by atoms with Gasteiger partial charge in [-0.25, -0.2) is 19.2 Å². The first kappa shape index (κ1) is 38.6. The number of ether oxygens (including phenoxy) is 4. The molecule has 0 amide bonds. The molecule has 0 aliphatic rings. The van der Waals surface area contributed by atoms with Gasteiger partial charge >= 0.3 is 23.9 Å². The van der Waals surface area contributed by atoms with Crippen molar-refractivity contribution >= 4 is 169 Å². The van der Waals surface area contributed by atoms with E-state index >= 15 is 0 Å². The van der Waals surface area contributed by atoms with Gasteiger partial charge in [0.1, 0.15) is 0 Å². The first-order valence-corrected chi connectivity index (χ1v) is 18.7. The number of hydrogen-bond donors (Lipinski definition) is 0. The number of nitrogens with zero attached hydrogens (tertiary/aromatic N) is 2. The number of pyridine rings is 2. The standard InChI is InChI=1S/C36H14Br2Cl6N2O8/c1-51-33(47)15-9-45-29-26-18(38)8-14(36(50)54-32-21(43)5-12(40)6-22(32)44)24-16(34(48)52-2)10-46-30(28(24)26)25-17(37)7-13(23(15)27(25)29)35(49)53-31-19(41)3-11(39)4-20(31)42/h3-10H,1-2H3. The zero-order valence-corrected chi connectivity index (χ0v) is 34.5. The Bertz CT molecular complexity index is 2600. The number of rotatable bonds is 6. The Balaban J connectivity index is 1.58. The third-order valence-electron chi connectivity index (χ3n) is 8.26. The van der Waals surface area contributed by atoms with Gasteiger partial charge in [-0.2, -0.15) is 0 Å². The third-order valence-corrected chi connectivity index (χ3v) is 11.1. The lowest BCUT2D eigenvalue weighted by atomic mass is 9.88. The summed E-state index contributed by atoms with van der Waals surface area (Å²) in [7, 11) is 2.35. The van der Waals surface area contributed by atoms with Gasteiger partial charge in [0.25, 0.3) is 0 Å².